The van der Waals surface area contributed by atoms with Crippen molar-refractivity contribution in [2.45, 2.75) is 19.6 Å². The summed E-state index contributed by atoms with van der Waals surface area (Å²) in [6.45, 7) is 1.83. The monoisotopic (exact) mass is 348 g/mol. The predicted octanol–water partition coefficient (Wildman–Crippen LogP) is 1.03. The number of nitrogens with one attached hydrogen (secondary N) is 1. The number of aromatic nitrogens is 3. The van der Waals surface area contributed by atoms with Crippen molar-refractivity contribution < 1.29 is 23.8 Å². The van der Waals surface area contributed by atoms with Crippen LogP contribution in [0.15, 0.2) is 24.4 Å². The van der Waals surface area contributed by atoms with Gasteiger partial charge in [0.15, 0.2) is 23.3 Å². The predicted molar refractivity (Wildman–Crippen MR) is 87.3 cm³/mol. The lowest BCUT2D eigenvalue weighted by Gasteiger charge is -2.21. The minimum absolute atomic E-state index is 0.0159. The number of methoxy groups -OCH3 is 2. The number of aromatic amines is 1. The number of carbonyl (C=O) groups excluding carboxylic acids is 2. The normalized spacial score (nSPS) is 11.5. The van der Waals surface area contributed by atoms with E-state index in [1.807, 2.05) is 6.07 Å². The fraction of sp³-hybridized carbons (Fsp3) is 0.375. The number of nitrogens with zero attached hydrogens (tertiary/aromatic N) is 3. The Morgan fingerprint density at radius 1 is 1.24 bits per heavy atom. The molecule has 0 aliphatic rings. The number of hydrogen-bond acceptors (Lipinski definition) is 7. The number of likely N-dealkylation sites (N-methyl/N-ethyl adjacent to an activating group) is 1. The molecule has 1 aromatic heterocycles. The van der Waals surface area contributed by atoms with Gasteiger partial charge in [-0.15, -0.1) is 5.10 Å². The number of hydrogen-bond donors (Lipinski definition) is 1. The maximum Gasteiger partial charge on any atom is 0.361 e. The van der Waals surface area contributed by atoms with Gasteiger partial charge in [0.25, 0.3) is 5.91 Å². The zero-order chi connectivity index (χ0) is 18.4. The molecule has 2 rings (SSSR count). The number of benzene rings is 1. The van der Waals surface area contributed by atoms with Crippen molar-refractivity contribution >= 4 is 11.9 Å². The fourth-order valence-electron chi connectivity index (χ4n) is 2.21. The van der Waals surface area contributed by atoms with Gasteiger partial charge >= 0.3 is 5.97 Å². The first-order chi connectivity index (χ1) is 12.0. The van der Waals surface area contributed by atoms with Crippen molar-refractivity contribution in [3.8, 4) is 11.5 Å². The van der Waals surface area contributed by atoms with Gasteiger partial charge in [-0.1, -0.05) is 6.07 Å². The zero-order valence-electron chi connectivity index (χ0n) is 14.5. The van der Waals surface area contributed by atoms with Gasteiger partial charge in [0.05, 0.1) is 20.4 Å². The molecule has 0 saturated carbocycles. The van der Waals surface area contributed by atoms with Crippen LogP contribution in [0.4, 0.5) is 0 Å². The minimum atomic E-state index is -0.950. The second-order valence-corrected chi connectivity index (χ2v) is 5.29. The lowest BCUT2D eigenvalue weighted by atomic mass is 10.2. The molecular formula is C16H20N4O5. The van der Waals surface area contributed by atoms with Gasteiger partial charge in [-0.05, 0) is 24.6 Å². The third kappa shape index (κ3) is 4.46. The van der Waals surface area contributed by atoms with Crippen LogP contribution >= 0.6 is 0 Å². The molecule has 0 fully saturated rings. The fourth-order valence-corrected chi connectivity index (χ4v) is 2.21. The summed E-state index contributed by atoms with van der Waals surface area (Å²) in [5.74, 6) is 0.127. The smallest absolute Gasteiger partial charge is 0.361 e. The van der Waals surface area contributed by atoms with Crippen LogP contribution < -0.4 is 9.47 Å². The standard InChI is InChI=1S/C16H20N4O5/c1-10(25-16(22)12-8-17-19-18-12)15(21)20(2)9-11-5-6-13(23-3)14(7-11)24-4/h5-8,10H,9H2,1-4H3,(H,17,18,19). The van der Waals surface area contributed by atoms with Crippen molar-refractivity contribution in [2.24, 2.45) is 0 Å². The summed E-state index contributed by atoms with van der Waals surface area (Å²) in [5.41, 5.74) is 0.866. The van der Waals surface area contributed by atoms with Gasteiger partial charge in [0, 0.05) is 13.6 Å². The van der Waals surface area contributed by atoms with Gasteiger partial charge in [-0.3, -0.25) is 4.79 Å². The molecule has 0 saturated heterocycles. The number of H-pyrrole nitrogens is 1. The second kappa shape index (κ2) is 8.13. The molecule has 1 heterocycles. The first kappa shape index (κ1) is 18.2. The Kier molecular flexibility index (Phi) is 5.93. The third-order valence-electron chi connectivity index (χ3n) is 3.50. The van der Waals surface area contributed by atoms with E-state index < -0.39 is 12.1 Å². The van der Waals surface area contributed by atoms with Crippen LogP contribution in [-0.2, 0) is 16.1 Å². The molecule has 2 aromatic rings. The van der Waals surface area contributed by atoms with Crippen LogP contribution in [0, 0.1) is 0 Å². The summed E-state index contributed by atoms with van der Waals surface area (Å²) in [6, 6.07) is 5.38. The number of ether oxygens (including phenoxy) is 3. The topological polar surface area (TPSA) is 107 Å². The quantitative estimate of drug-likeness (QED) is 0.745. The van der Waals surface area contributed by atoms with Crippen molar-refractivity contribution in [3.63, 3.8) is 0 Å². The molecular weight excluding hydrogens is 328 g/mol. The Morgan fingerprint density at radius 3 is 2.56 bits per heavy atom. The summed E-state index contributed by atoms with van der Waals surface area (Å²) in [6.07, 6.45) is 0.279. The first-order valence-corrected chi connectivity index (χ1v) is 7.49. The molecule has 1 atom stereocenters. The van der Waals surface area contributed by atoms with E-state index in [9.17, 15) is 9.59 Å². The Labute approximate surface area is 144 Å². The van der Waals surface area contributed by atoms with Gasteiger partial charge in [-0.2, -0.15) is 10.3 Å². The lowest BCUT2D eigenvalue weighted by Crippen LogP contribution is -2.37. The molecule has 1 aromatic carbocycles. The maximum absolute atomic E-state index is 12.4. The summed E-state index contributed by atoms with van der Waals surface area (Å²) in [7, 11) is 4.72. The van der Waals surface area contributed by atoms with Crippen molar-refractivity contribution in [1.29, 1.82) is 0 Å². The van der Waals surface area contributed by atoms with E-state index in [2.05, 4.69) is 15.4 Å². The van der Waals surface area contributed by atoms with Crippen LogP contribution in [0.25, 0.3) is 0 Å². The highest BCUT2D eigenvalue weighted by atomic mass is 16.5. The molecule has 0 spiro atoms. The first-order valence-electron chi connectivity index (χ1n) is 7.49. The summed E-state index contributed by atoms with van der Waals surface area (Å²) in [4.78, 5) is 25.6. The number of rotatable bonds is 7. The van der Waals surface area contributed by atoms with Crippen molar-refractivity contribution in [1.82, 2.24) is 20.3 Å². The van der Waals surface area contributed by atoms with E-state index in [0.29, 0.717) is 18.0 Å². The molecule has 134 valence electrons. The average Bonchev–Trinajstić information content (AvgIpc) is 3.15. The molecule has 25 heavy (non-hydrogen) atoms. The maximum atomic E-state index is 12.4. The summed E-state index contributed by atoms with van der Waals surface area (Å²) < 4.78 is 15.5. The largest absolute Gasteiger partial charge is 0.493 e. The lowest BCUT2D eigenvalue weighted by molar-refractivity contribution is -0.139. The van der Waals surface area contributed by atoms with E-state index in [-0.39, 0.29) is 11.6 Å². The Bertz CT molecular complexity index is 732. The summed E-state index contributed by atoms with van der Waals surface area (Å²) >= 11 is 0. The van der Waals surface area contributed by atoms with Gasteiger partial charge in [-0.25, -0.2) is 4.79 Å². The van der Waals surface area contributed by atoms with Crippen LogP contribution in [0.3, 0.4) is 0 Å². The Balaban J connectivity index is 1.98. The van der Waals surface area contributed by atoms with Crippen LogP contribution in [-0.4, -0.2) is 59.6 Å². The number of carbonyl (C=O) groups is 2. The molecule has 0 bridgehead atoms. The van der Waals surface area contributed by atoms with Crippen LogP contribution in [0.2, 0.25) is 0 Å². The molecule has 0 radical (unpaired) electrons. The van der Waals surface area contributed by atoms with Crippen LogP contribution in [0.5, 0.6) is 11.5 Å². The van der Waals surface area contributed by atoms with Gasteiger partial charge in [0.1, 0.15) is 0 Å². The number of esters is 1. The molecule has 1 amide bonds. The second-order valence-electron chi connectivity index (χ2n) is 5.29. The van der Waals surface area contributed by atoms with E-state index in [4.69, 9.17) is 14.2 Å². The van der Waals surface area contributed by atoms with Crippen molar-refractivity contribution in [2.75, 3.05) is 21.3 Å². The zero-order valence-corrected chi connectivity index (χ0v) is 14.5. The number of amides is 1. The molecule has 9 heteroatoms. The average molecular weight is 348 g/mol. The minimum Gasteiger partial charge on any atom is -0.493 e. The molecule has 9 nitrogen and oxygen atoms in total. The highest BCUT2D eigenvalue weighted by Gasteiger charge is 2.23. The third-order valence-corrected chi connectivity index (χ3v) is 3.50. The molecule has 0 aliphatic carbocycles. The highest BCUT2D eigenvalue weighted by molar-refractivity contribution is 5.90. The Morgan fingerprint density at radius 2 is 1.96 bits per heavy atom. The molecule has 0 aliphatic heterocycles. The van der Waals surface area contributed by atoms with Gasteiger partial charge in [0.2, 0.25) is 0 Å². The molecule has 1 N–H and O–H groups in total. The van der Waals surface area contributed by atoms with E-state index in [1.165, 1.54) is 18.0 Å². The van der Waals surface area contributed by atoms with Gasteiger partial charge < -0.3 is 19.1 Å². The highest BCUT2D eigenvalue weighted by Crippen LogP contribution is 2.28. The molecule has 1 unspecified atom stereocenters. The summed E-state index contributed by atoms with van der Waals surface area (Å²) in [5, 5.41) is 9.45. The van der Waals surface area contributed by atoms with Crippen molar-refractivity contribution in [3.05, 3.63) is 35.7 Å². The SMILES string of the molecule is COc1ccc(CN(C)C(=O)C(C)OC(=O)c2cn[nH]n2)cc1OC. The van der Waals surface area contributed by atoms with Crippen LogP contribution in [0.1, 0.15) is 23.0 Å². The van der Waals surface area contributed by atoms with E-state index in [1.54, 1.807) is 33.4 Å². The van der Waals surface area contributed by atoms with E-state index in [0.717, 1.165) is 5.56 Å². The Hall–Kier alpha value is -3.10. The van der Waals surface area contributed by atoms with E-state index >= 15 is 0 Å².